The third-order valence-corrected chi connectivity index (χ3v) is 2.95. The lowest BCUT2D eigenvalue weighted by atomic mass is 9.93. The molecule has 0 saturated heterocycles. The number of halogens is 2. The summed E-state index contributed by atoms with van der Waals surface area (Å²) in [6.45, 7) is 5.37. The summed E-state index contributed by atoms with van der Waals surface area (Å²) in [7, 11) is 1.52. The molecule has 4 heteroatoms. The predicted molar refractivity (Wildman–Crippen MR) is 63.7 cm³/mol. The van der Waals surface area contributed by atoms with E-state index in [0.29, 0.717) is 0 Å². The summed E-state index contributed by atoms with van der Waals surface area (Å²) >= 11 is 0. The van der Waals surface area contributed by atoms with Gasteiger partial charge >= 0.3 is 0 Å². The maximum atomic E-state index is 13.8. The topological polar surface area (TPSA) is 35.2 Å². The zero-order valence-electron chi connectivity index (χ0n) is 10.6. The Bertz CT molecular complexity index is 393. The first-order chi connectivity index (χ1) is 7.90. The summed E-state index contributed by atoms with van der Waals surface area (Å²) < 4.78 is 32.5. The molecule has 17 heavy (non-hydrogen) atoms. The molecule has 1 rings (SSSR count). The molecule has 2 nitrogen and oxygen atoms in total. The van der Waals surface area contributed by atoms with Crippen molar-refractivity contribution in [3.05, 3.63) is 34.9 Å². The molecule has 96 valence electrons. The summed E-state index contributed by atoms with van der Waals surface area (Å²) in [6, 6.07) is 2.38. The fourth-order valence-corrected chi connectivity index (χ4v) is 1.93. The van der Waals surface area contributed by atoms with Crippen LogP contribution >= 0.6 is 0 Å². The minimum Gasteiger partial charge on any atom is -0.379 e. The van der Waals surface area contributed by atoms with E-state index in [4.69, 9.17) is 10.5 Å². The molecule has 0 aromatic heterocycles. The van der Waals surface area contributed by atoms with Gasteiger partial charge in [0.25, 0.3) is 0 Å². The summed E-state index contributed by atoms with van der Waals surface area (Å²) in [4.78, 5) is 0. The lowest BCUT2D eigenvalue weighted by Crippen LogP contribution is -2.33. The van der Waals surface area contributed by atoms with Gasteiger partial charge in [-0.25, -0.2) is 8.78 Å². The van der Waals surface area contributed by atoms with Crippen molar-refractivity contribution in [3.8, 4) is 0 Å². The normalized spacial score (nSPS) is 15.1. The quantitative estimate of drug-likeness (QED) is 0.882. The van der Waals surface area contributed by atoms with E-state index in [1.54, 1.807) is 0 Å². The van der Waals surface area contributed by atoms with E-state index in [9.17, 15) is 8.78 Å². The average molecular weight is 243 g/mol. The van der Waals surface area contributed by atoms with Crippen molar-refractivity contribution in [1.29, 1.82) is 0 Å². The fourth-order valence-electron chi connectivity index (χ4n) is 1.93. The maximum absolute atomic E-state index is 13.8. The fraction of sp³-hybridized carbons (Fsp3) is 0.538. The third kappa shape index (κ3) is 2.82. The molecule has 0 bridgehead atoms. The Kier molecular flexibility index (Phi) is 4.60. The summed E-state index contributed by atoms with van der Waals surface area (Å²) in [6.07, 6.45) is -0.341. The van der Waals surface area contributed by atoms with Crippen LogP contribution in [0.5, 0.6) is 0 Å². The minimum atomic E-state index is -0.875. The smallest absolute Gasteiger partial charge is 0.163 e. The highest BCUT2D eigenvalue weighted by atomic mass is 19.2. The third-order valence-electron chi connectivity index (χ3n) is 2.95. The van der Waals surface area contributed by atoms with Gasteiger partial charge in [0.1, 0.15) is 0 Å². The van der Waals surface area contributed by atoms with Crippen LogP contribution in [0.3, 0.4) is 0 Å². The van der Waals surface area contributed by atoms with Crippen LogP contribution in [0, 0.1) is 24.5 Å². The van der Waals surface area contributed by atoms with Gasteiger partial charge in [-0.3, -0.25) is 0 Å². The monoisotopic (exact) mass is 243 g/mol. The Hall–Kier alpha value is -1.00. The largest absolute Gasteiger partial charge is 0.379 e. The van der Waals surface area contributed by atoms with Gasteiger partial charge in [-0.05, 0) is 18.4 Å². The highest BCUT2D eigenvalue weighted by Crippen LogP contribution is 2.26. The Morgan fingerprint density at radius 3 is 2.24 bits per heavy atom. The zero-order valence-corrected chi connectivity index (χ0v) is 10.6. The van der Waals surface area contributed by atoms with Gasteiger partial charge in [0.15, 0.2) is 11.6 Å². The van der Waals surface area contributed by atoms with Gasteiger partial charge in [-0.15, -0.1) is 0 Å². The Morgan fingerprint density at radius 2 is 1.76 bits per heavy atom. The SMILES string of the molecule is COC(C(C)C)C(N)c1ccc(C)c(F)c1F. The first kappa shape index (κ1) is 14.1. The lowest BCUT2D eigenvalue weighted by molar-refractivity contribution is 0.0426. The summed E-state index contributed by atoms with van der Waals surface area (Å²) in [5, 5.41) is 0. The van der Waals surface area contributed by atoms with Crippen molar-refractivity contribution >= 4 is 0 Å². The highest BCUT2D eigenvalue weighted by Gasteiger charge is 2.26. The van der Waals surface area contributed by atoms with Crippen LogP contribution in [0.1, 0.15) is 31.0 Å². The van der Waals surface area contributed by atoms with E-state index in [0.717, 1.165) is 0 Å². The molecule has 2 atom stereocenters. The number of hydrogen-bond donors (Lipinski definition) is 1. The van der Waals surface area contributed by atoms with Crippen LogP contribution in [0.2, 0.25) is 0 Å². The molecule has 1 aromatic carbocycles. The van der Waals surface area contributed by atoms with Crippen molar-refractivity contribution in [1.82, 2.24) is 0 Å². The second-order valence-corrected chi connectivity index (χ2v) is 4.57. The molecule has 2 unspecified atom stereocenters. The Labute approximate surface area is 101 Å². The minimum absolute atomic E-state index is 0.124. The molecule has 0 radical (unpaired) electrons. The van der Waals surface area contributed by atoms with Crippen molar-refractivity contribution in [2.45, 2.75) is 32.9 Å². The molecule has 0 heterocycles. The van der Waals surface area contributed by atoms with Crippen LogP contribution in [0.25, 0.3) is 0 Å². The first-order valence-corrected chi connectivity index (χ1v) is 5.63. The molecule has 0 aliphatic rings. The molecule has 0 aliphatic heterocycles. The van der Waals surface area contributed by atoms with E-state index >= 15 is 0 Å². The van der Waals surface area contributed by atoms with Gasteiger partial charge in [-0.2, -0.15) is 0 Å². The Morgan fingerprint density at radius 1 is 1.18 bits per heavy atom. The number of methoxy groups -OCH3 is 1. The number of nitrogens with two attached hydrogens (primary N) is 1. The predicted octanol–water partition coefficient (Wildman–Crippen LogP) is 2.94. The van der Waals surface area contributed by atoms with Gasteiger partial charge < -0.3 is 10.5 Å². The van der Waals surface area contributed by atoms with Crippen LogP contribution in [-0.2, 0) is 4.74 Å². The van der Waals surface area contributed by atoms with E-state index in [1.807, 2.05) is 13.8 Å². The van der Waals surface area contributed by atoms with Gasteiger partial charge in [0.05, 0.1) is 12.1 Å². The summed E-state index contributed by atoms with van der Waals surface area (Å²) in [5.74, 6) is -1.59. The molecule has 0 saturated carbocycles. The highest BCUT2D eigenvalue weighted by molar-refractivity contribution is 5.28. The van der Waals surface area contributed by atoms with Gasteiger partial charge in [0, 0.05) is 12.7 Å². The number of ether oxygens (including phenoxy) is 1. The van der Waals surface area contributed by atoms with Crippen LogP contribution in [-0.4, -0.2) is 13.2 Å². The average Bonchev–Trinajstić information content (AvgIpc) is 2.26. The second-order valence-electron chi connectivity index (χ2n) is 4.57. The van der Waals surface area contributed by atoms with E-state index < -0.39 is 17.7 Å². The molecular formula is C13H19F2NO. The van der Waals surface area contributed by atoms with Crippen molar-refractivity contribution in [2.24, 2.45) is 11.7 Å². The molecule has 0 spiro atoms. The zero-order chi connectivity index (χ0) is 13.2. The Balaban J connectivity index is 3.12. The molecule has 0 fully saturated rings. The van der Waals surface area contributed by atoms with Crippen molar-refractivity contribution in [3.63, 3.8) is 0 Å². The van der Waals surface area contributed by atoms with Crippen LogP contribution in [0.4, 0.5) is 8.78 Å². The standard InChI is InChI=1S/C13H19F2NO/c1-7(2)13(17-4)12(16)9-6-5-8(3)10(14)11(9)15/h5-7,12-13H,16H2,1-4H3. The molecular weight excluding hydrogens is 224 g/mol. The number of rotatable bonds is 4. The van der Waals surface area contributed by atoms with E-state index in [-0.39, 0.29) is 23.1 Å². The number of aryl methyl sites for hydroxylation is 1. The summed E-state index contributed by atoms with van der Waals surface area (Å²) in [5.41, 5.74) is 6.37. The molecule has 0 amide bonds. The lowest BCUT2D eigenvalue weighted by Gasteiger charge is -2.26. The van der Waals surface area contributed by atoms with Gasteiger partial charge in [0.2, 0.25) is 0 Å². The van der Waals surface area contributed by atoms with Crippen molar-refractivity contribution in [2.75, 3.05) is 7.11 Å². The van der Waals surface area contributed by atoms with Crippen LogP contribution in [0.15, 0.2) is 12.1 Å². The first-order valence-electron chi connectivity index (χ1n) is 5.63. The second kappa shape index (κ2) is 5.56. The maximum Gasteiger partial charge on any atom is 0.163 e. The number of hydrogen-bond acceptors (Lipinski definition) is 2. The number of benzene rings is 1. The van der Waals surface area contributed by atoms with E-state index in [1.165, 1.54) is 26.2 Å². The van der Waals surface area contributed by atoms with Crippen LogP contribution < -0.4 is 5.73 Å². The molecule has 0 aliphatic carbocycles. The van der Waals surface area contributed by atoms with Crippen molar-refractivity contribution < 1.29 is 13.5 Å². The molecule has 1 aromatic rings. The van der Waals surface area contributed by atoms with E-state index in [2.05, 4.69) is 0 Å². The molecule has 2 N–H and O–H groups in total. The van der Waals surface area contributed by atoms with Gasteiger partial charge in [-0.1, -0.05) is 26.0 Å².